The van der Waals surface area contributed by atoms with Gasteiger partial charge in [0, 0.05) is 32.8 Å². The van der Waals surface area contributed by atoms with Crippen LogP contribution in [0.1, 0.15) is 32.1 Å². The monoisotopic (exact) mass is 253 g/mol. The van der Waals surface area contributed by atoms with Gasteiger partial charge < -0.3 is 10.0 Å². The van der Waals surface area contributed by atoms with Gasteiger partial charge in [-0.25, -0.2) is 0 Å². The molecule has 0 bridgehead atoms. The zero-order chi connectivity index (χ0) is 13.4. The molecule has 0 aromatic carbocycles. The van der Waals surface area contributed by atoms with Gasteiger partial charge in [-0.1, -0.05) is 6.42 Å². The first kappa shape index (κ1) is 14.9. The Hall–Kier alpha value is -1.12. The molecule has 0 radical (unpaired) electrons. The summed E-state index contributed by atoms with van der Waals surface area (Å²) in [6, 6.07) is 2.55. The van der Waals surface area contributed by atoms with Crippen LogP contribution in [0.15, 0.2) is 0 Å². The first-order chi connectivity index (χ1) is 8.69. The molecule has 0 unspecified atom stereocenters. The second kappa shape index (κ2) is 8.06. The van der Waals surface area contributed by atoms with Gasteiger partial charge in [-0.3, -0.25) is 9.69 Å². The van der Waals surface area contributed by atoms with Crippen molar-refractivity contribution in [3.05, 3.63) is 0 Å². The van der Waals surface area contributed by atoms with E-state index in [0.29, 0.717) is 32.0 Å². The Kier molecular flexibility index (Phi) is 6.69. The van der Waals surface area contributed by atoms with E-state index < -0.39 is 0 Å². The van der Waals surface area contributed by atoms with Gasteiger partial charge in [-0.2, -0.15) is 5.26 Å². The van der Waals surface area contributed by atoms with E-state index in [9.17, 15) is 4.79 Å². The molecule has 18 heavy (non-hydrogen) atoms. The lowest BCUT2D eigenvalue weighted by atomic mass is 9.91. The van der Waals surface area contributed by atoms with Crippen molar-refractivity contribution < 1.29 is 9.90 Å². The van der Waals surface area contributed by atoms with Crippen LogP contribution in [-0.4, -0.2) is 60.1 Å². The van der Waals surface area contributed by atoms with Gasteiger partial charge >= 0.3 is 0 Å². The van der Waals surface area contributed by atoms with Crippen molar-refractivity contribution in [1.82, 2.24) is 9.80 Å². The Bertz CT molecular complexity index is 297. The normalized spacial score (nSPS) is 15.2. The van der Waals surface area contributed by atoms with E-state index in [2.05, 4.69) is 4.90 Å². The summed E-state index contributed by atoms with van der Waals surface area (Å²) in [5.74, 6) is 0.0649. The van der Waals surface area contributed by atoms with Gasteiger partial charge in [-0.15, -0.1) is 0 Å². The molecule has 1 aliphatic rings. The van der Waals surface area contributed by atoms with Crippen molar-refractivity contribution in [1.29, 1.82) is 5.26 Å². The predicted octanol–water partition coefficient (Wildman–Crippen LogP) is 0.595. The molecule has 1 N–H and O–H groups in total. The fourth-order valence-corrected chi connectivity index (χ4v) is 2.05. The smallest absolute Gasteiger partial charge is 0.236 e. The Morgan fingerprint density at radius 2 is 2.17 bits per heavy atom. The van der Waals surface area contributed by atoms with Crippen molar-refractivity contribution in [3.63, 3.8) is 0 Å². The van der Waals surface area contributed by atoms with E-state index in [1.165, 1.54) is 6.42 Å². The number of carbonyl (C=O) groups excluding carboxylic acids is 1. The number of carbonyl (C=O) groups is 1. The number of amides is 1. The van der Waals surface area contributed by atoms with Gasteiger partial charge in [0.15, 0.2) is 0 Å². The number of aliphatic hydroxyl groups excluding tert-OH is 1. The zero-order valence-corrected chi connectivity index (χ0v) is 11.1. The summed E-state index contributed by atoms with van der Waals surface area (Å²) in [6.45, 7) is 1.85. The Balaban J connectivity index is 2.38. The maximum atomic E-state index is 12.0. The second-order valence-electron chi connectivity index (χ2n) is 4.86. The second-order valence-corrected chi connectivity index (χ2v) is 4.86. The lowest BCUT2D eigenvalue weighted by Crippen LogP contribution is -2.47. The molecule has 1 fully saturated rings. The molecule has 0 aromatic heterocycles. The molecule has 1 amide bonds. The SMILES string of the molecule is CN(CCC#N)C(=O)CN(CCCO)C1CCC1. The van der Waals surface area contributed by atoms with E-state index in [4.69, 9.17) is 10.4 Å². The molecular formula is C13H23N3O2. The van der Waals surface area contributed by atoms with Crippen LogP contribution < -0.4 is 0 Å². The summed E-state index contributed by atoms with van der Waals surface area (Å²) in [6.07, 6.45) is 4.63. The van der Waals surface area contributed by atoms with Crippen LogP contribution in [-0.2, 0) is 4.79 Å². The first-order valence-electron chi connectivity index (χ1n) is 6.65. The van der Waals surface area contributed by atoms with Crippen LogP contribution in [0.5, 0.6) is 0 Å². The Morgan fingerprint density at radius 3 is 2.67 bits per heavy atom. The highest BCUT2D eigenvalue weighted by Gasteiger charge is 2.26. The molecule has 0 spiro atoms. The van der Waals surface area contributed by atoms with Crippen LogP contribution in [0.3, 0.4) is 0 Å². The number of nitriles is 1. The molecule has 0 atom stereocenters. The number of hydrogen-bond acceptors (Lipinski definition) is 4. The fourth-order valence-electron chi connectivity index (χ4n) is 2.05. The van der Waals surface area contributed by atoms with E-state index in [0.717, 1.165) is 19.4 Å². The number of hydrogen-bond donors (Lipinski definition) is 1. The molecular weight excluding hydrogens is 230 g/mol. The predicted molar refractivity (Wildman–Crippen MR) is 68.8 cm³/mol. The van der Waals surface area contributed by atoms with Gasteiger partial charge in [0.2, 0.25) is 5.91 Å². The zero-order valence-electron chi connectivity index (χ0n) is 11.1. The number of rotatable bonds is 8. The summed E-state index contributed by atoms with van der Waals surface area (Å²) in [7, 11) is 1.74. The molecule has 0 heterocycles. The van der Waals surface area contributed by atoms with Crippen LogP contribution in [0.4, 0.5) is 0 Å². The third-order valence-corrected chi connectivity index (χ3v) is 3.52. The average molecular weight is 253 g/mol. The molecule has 0 aliphatic heterocycles. The van der Waals surface area contributed by atoms with Crippen LogP contribution in [0.25, 0.3) is 0 Å². The number of nitrogens with zero attached hydrogens (tertiary/aromatic N) is 3. The van der Waals surface area contributed by atoms with E-state index in [-0.39, 0.29) is 12.5 Å². The highest BCUT2D eigenvalue weighted by atomic mass is 16.3. The number of likely N-dealkylation sites (N-methyl/N-ethyl adjacent to an activating group) is 1. The third kappa shape index (κ3) is 4.63. The third-order valence-electron chi connectivity index (χ3n) is 3.52. The van der Waals surface area contributed by atoms with E-state index in [1.54, 1.807) is 11.9 Å². The van der Waals surface area contributed by atoms with E-state index >= 15 is 0 Å². The summed E-state index contributed by atoms with van der Waals surface area (Å²) < 4.78 is 0. The van der Waals surface area contributed by atoms with Crippen molar-refractivity contribution in [2.24, 2.45) is 0 Å². The fraction of sp³-hybridized carbons (Fsp3) is 0.846. The molecule has 5 nitrogen and oxygen atoms in total. The van der Waals surface area contributed by atoms with Crippen LogP contribution in [0, 0.1) is 11.3 Å². The van der Waals surface area contributed by atoms with Crippen molar-refractivity contribution in [2.75, 3.05) is 33.3 Å². The molecule has 1 rings (SSSR count). The van der Waals surface area contributed by atoms with Crippen molar-refractivity contribution >= 4 is 5.91 Å². The minimum Gasteiger partial charge on any atom is -0.396 e. The van der Waals surface area contributed by atoms with Crippen molar-refractivity contribution in [2.45, 2.75) is 38.1 Å². The molecule has 5 heteroatoms. The first-order valence-corrected chi connectivity index (χ1v) is 6.65. The van der Waals surface area contributed by atoms with E-state index in [1.807, 2.05) is 6.07 Å². The standard InChI is InChI=1S/C13H23N3O2/c1-15(8-3-7-14)13(18)11-16(9-4-10-17)12-5-2-6-12/h12,17H,2-6,8-11H2,1H3. The molecule has 1 saturated carbocycles. The molecule has 1 aliphatic carbocycles. The average Bonchev–Trinajstić information content (AvgIpc) is 2.30. The molecule has 0 aromatic rings. The lowest BCUT2D eigenvalue weighted by molar-refractivity contribution is -0.132. The Morgan fingerprint density at radius 1 is 1.44 bits per heavy atom. The summed E-state index contributed by atoms with van der Waals surface area (Å²) in [5, 5.41) is 17.4. The van der Waals surface area contributed by atoms with Crippen LogP contribution in [0.2, 0.25) is 0 Å². The highest BCUT2D eigenvalue weighted by Crippen LogP contribution is 2.24. The van der Waals surface area contributed by atoms with Crippen LogP contribution >= 0.6 is 0 Å². The minimum atomic E-state index is 0.0649. The maximum absolute atomic E-state index is 12.0. The summed E-state index contributed by atoms with van der Waals surface area (Å²) >= 11 is 0. The summed E-state index contributed by atoms with van der Waals surface area (Å²) in [4.78, 5) is 15.8. The van der Waals surface area contributed by atoms with Gasteiger partial charge in [0.05, 0.1) is 19.0 Å². The molecule has 0 saturated heterocycles. The van der Waals surface area contributed by atoms with Gasteiger partial charge in [0.1, 0.15) is 0 Å². The minimum absolute atomic E-state index is 0.0649. The lowest BCUT2D eigenvalue weighted by Gasteiger charge is -2.37. The number of aliphatic hydroxyl groups is 1. The maximum Gasteiger partial charge on any atom is 0.236 e. The quantitative estimate of drug-likeness (QED) is 0.687. The topological polar surface area (TPSA) is 67.6 Å². The summed E-state index contributed by atoms with van der Waals surface area (Å²) in [5.41, 5.74) is 0. The largest absolute Gasteiger partial charge is 0.396 e. The van der Waals surface area contributed by atoms with Gasteiger partial charge in [-0.05, 0) is 19.3 Å². The van der Waals surface area contributed by atoms with Crippen molar-refractivity contribution in [3.8, 4) is 6.07 Å². The Labute approximate surface area is 109 Å². The van der Waals surface area contributed by atoms with Gasteiger partial charge in [0.25, 0.3) is 0 Å². The highest BCUT2D eigenvalue weighted by molar-refractivity contribution is 5.78. The molecule has 102 valence electrons.